The highest BCUT2D eigenvalue weighted by Gasteiger charge is 2.14. The third kappa shape index (κ3) is 2.87. The second-order valence-corrected chi connectivity index (χ2v) is 6.04. The first-order valence-corrected chi connectivity index (χ1v) is 8.12. The number of nitrogens with zero attached hydrogens (tertiary/aromatic N) is 4. The fourth-order valence-corrected chi connectivity index (χ4v) is 3.01. The first kappa shape index (κ1) is 14.8. The predicted molar refractivity (Wildman–Crippen MR) is 90.6 cm³/mol. The van der Waals surface area contributed by atoms with Crippen LogP contribution in [0.2, 0.25) is 0 Å². The Bertz CT molecular complexity index is 863. The van der Waals surface area contributed by atoms with E-state index in [0.717, 1.165) is 42.9 Å². The molecule has 0 bridgehead atoms. The molecular weight excluding hydrogens is 305 g/mol. The van der Waals surface area contributed by atoms with Crippen LogP contribution >= 0.6 is 0 Å². The molecule has 3 heterocycles. The SMILES string of the molecule is Cc1cc(-c2ccc(Nc3nc4n(n3)CCCC4)cc2F)ccn1. The molecule has 6 heteroatoms. The number of anilines is 2. The van der Waals surface area contributed by atoms with Gasteiger partial charge in [-0.3, -0.25) is 4.98 Å². The molecule has 0 amide bonds. The molecule has 3 aromatic rings. The zero-order chi connectivity index (χ0) is 16.5. The summed E-state index contributed by atoms with van der Waals surface area (Å²) in [6.07, 6.45) is 4.91. The zero-order valence-electron chi connectivity index (χ0n) is 13.5. The molecule has 24 heavy (non-hydrogen) atoms. The van der Waals surface area contributed by atoms with Gasteiger partial charge in [-0.2, -0.15) is 4.98 Å². The van der Waals surface area contributed by atoms with E-state index in [4.69, 9.17) is 0 Å². The third-order valence-electron chi connectivity index (χ3n) is 4.20. The topological polar surface area (TPSA) is 55.6 Å². The van der Waals surface area contributed by atoms with Gasteiger partial charge in [0.15, 0.2) is 0 Å². The number of fused-ring (bicyclic) bond motifs is 1. The van der Waals surface area contributed by atoms with Crippen molar-refractivity contribution >= 4 is 11.6 Å². The molecule has 0 atom stereocenters. The number of hydrogen-bond acceptors (Lipinski definition) is 4. The summed E-state index contributed by atoms with van der Waals surface area (Å²) in [6.45, 7) is 2.79. The lowest BCUT2D eigenvalue weighted by Gasteiger charge is -2.09. The Kier molecular flexibility index (Phi) is 3.72. The van der Waals surface area contributed by atoms with Crippen LogP contribution in [0, 0.1) is 12.7 Å². The highest BCUT2D eigenvalue weighted by atomic mass is 19.1. The van der Waals surface area contributed by atoms with Gasteiger partial charge in [-0.15, -0.1) is 5.10 Å². The Labute approximate surface area is 139 Å². The van der Waals surface area contributed by atoms with Crippen molar-refractivity contribution in [3.8, 4) is 11.1 Å². The Morgan fingerprint density at radius 2 is 2.08 bits per heavy atom. The Morgan fingerprint density at radius 1 is 1.17 bits per heavy atom. The average Bonchev–Trinajstić information content (AvgIpc) is 2.97. The van der Waals surface area contributed by atoms with Gasteiger partial charge in [0, 0.05) is 36.1 Å². The van der Waals surface area contributed by atoms with Crippen LogP contribution in [0.3, 0.4) is 0 Å². The first-order valence-electron chi connectivity index (χ1n) is 8.12. The van der Waals surface area contributed by atoms with E-state index in [1.165, 1.54) is 6.07 Å². The lowest BCUT2D eigenvalue weighted by molar-refractivity contribution is 0.480. The van der Waals surface area contributed by atoms with Gasteiger partial charge in [0.2, 0.25) is 5.95 Å². The highest BCUT2D eigenvalue weighted by Crippen LogP contribution is 2.26. The molecule has 0 fully saturated rings. The van der Waals surface area contributed by atoms with Crippen LogP contribution < -0.4 is 5.32 Å². The molecule has 0 aliphatic carbocycles. The maximum atomic E-state index is 14.5. The van der Waals surface area contributed by atoms with Gasteiger partial charge in [0.25, 0.3) is 0 Å². The molecule has 1 aliphatic rings. The number of benzene rings is 1. The van der Waals surface area contributed by atoms with Crippen LogP contribution in [-0.4, -0.2) is 19.7 Å². The van der Waals surface area contributed by atoms with E-state index >= 15 is 0 Å². The lowest BCUT2D eigenvalue weighted by atomic mass is 10.1. The Morgan fingerprint density at radius 3 is 2.88 bits per heavy atom. The van der Waals surface area contributed by atoms with Crippen LogP contribution in [0.5, 0.6) is 0 Å². The van der Waals surface area contributed by atoms with Crippen molar-refractivity contribution in [2.45, 2.75) is 32.7 Å². The summed E-state index contributed by atoms with van der Waals surface area (Å²) in [5, 5.41) is 7.53. The number of hydrogen-bond donors (Lipinski definition) is 1. The number of rotatable bonds is 3. The first-order chi connectivity index (χ1) is 11.7. The van der Waals surface area contributed by atoms with Crippen LogP contribution in [0.1, 0.15) is 24.4 Å². The number of aryl methyl sites for hydroxylation is 3. The second kappa shape index (κ2) is 6.03. The molecule has 0 radical (unpaired) electrons. The van der Waals surface area contributed by atoms with Gasteiger partial charge in [-0.25, -0.2) is 9.07 Å². The van der Waals surface area contributed by atoms with Crippen molar-refractivity contribution in [2.24, 2.45) is 0 Å². The quantitative estimate of drug-likeness (QED) is 0.795. The third-order valence-corrected chi connectivity index (χ3v) is 4.20. The molecular formula is C18H18FN5. The van der Waals surface area contributed by atoms with Crippen LogP contribution in [0.15, 0.2) is 36.5 Å². The average molecular weight is 323 g/mol. The molecule has 0 saturated carbocycles. The lowest BCUT2D eigenvalue weighted by Crippen LogP contribution is -2.11. The van der Waals surface area contributed by atoms with Crippen molar-refractivity contribution in [3.63, 3.8) is 0 Å². The van der Waals surface area contributed by atoms with E-state index in [0.29, 0.717) is 17.2 Å². The van der Waals surface area contributed by atoms with Crippen LogP contribution in [-0.2, 0) is 13.0 Å². The van der Waals surface area contributed by atoms with Crippen molar-refractivity contribution < 1.29 is 4.39 Å². The highest BCUT2D eigenvalue weighted by molar-refractivity contribution is 5.68. The van der Waals surface area contributed by atoms with E-state index in [2.05, 4.69) is 20.4 Å². The van der Waals surface area contributed by atoms with Gasteiger partial charge < -0.3 is 5.32 Å². The summed E-state index contributed by atoms with van der Waals surface area (Å²) in [5.41, 5.74) is 2.89. The molecule has 5 nitrogen and oxygen atoms in total. The molecule has 2 aromatic heterocycles. The van der Waals surface area contributed by atoms with Gasteiger partial charge in [0.1, 0.15) is 11.6 Å². The van der Waals surface area contributed by atoms with Crippen LogP contribution in [0.25, 0.3) is 11.1 Å². The maximum absolute atomic E-state index is 14.5. The number of nitrogens with one attached hydrogen (secondary N) is 1. The van der Waals surface area contributed by atoms with E-state index in [9.17, 15) is 4.39 Å². The van der Waals surface area contributed by atoms with Crippen molar-refractivity contribution in [3.05, 3.63) is 53.9 Å². The standard InChI is InChI=1S/C18H18FN5/c1-12-10-13(7-8-20-12)15-6-5-14(11-16(15)19)21-18-22-17-4-2-3-9-24(17)23-18/h5-8,10-11H,2-4,9H2,1H3,(H,21,23). The van der Waals surface area contributed by atoms with Gasteiger partial charge in [-0.05, 0) is 55.7 Å². The van der Waals surface area contributed by atoms with Crippen molar-refractivity contribution in [1.82, 2.24) is 19.7 Å². The minimum absolute atomic E-state index is 0.283. The van der Waals surface area contributed by atoms with Crippen molar-refractivity contribution in [1.29, 1.82) is 0 Å². The van der Waals surface area contributed by atoms with E-state index in [1.807, 2.05) is 29.8 Å². The van der Waals surface area contributed by atoms with Gasteiger partial charge >= 0.3 is 0 Å². The molecule has 0 spiro atoms. The summed E-state index contributed by atoms with van der Waals surface area (Å²) in [6, 6.07) is 8.77. The minimum Gasteiger partial charge on any atom is -0.323 e. The number of halogens is 1. The Hall–Kier alpha value is -2.76. The molecule has 0 saturated heterocycles. The van der Waals surface area contributed by atoms with E-state index in [-0.39, 0.29) is 5.82 Å². The maximum Gasteiger partial charge on any atom is 0.246 e. The largest absolute Gasteiger partial charge is 0.323 e. The summed E-state index contributed by atoms with van der Waals surface area (Å²) in [4.78, 5) is 8.62. The fourth-order valence-electron chi connectivity index (χ4n) is 3.01. The van der Waals surface area contributed by atoms with Crippen LogP contribution in [0.4, 0.5) is 16.0 Å². The monoisotopic (exact) mass is 323 g/mol. The fraction of sp³-hybridized carbons (Fsp3) is 0.278. The Balaban J connectivity index is 1.59. The summed E-state index contributed by atoms with van der Waals surface area (Å²) >= 11 is 0. The minimum atomic E-state index is -0.283. The van der Waals surface area contributed by atoms with Crippen molar-refractivity contribution in [2.75, 3.05) is 5.32 Å². The molecule has 1 N–H and O–H groups in total. The van der Waals surface area contributed by atoms with E-state index in [1.54, 1.807) is 12.3 Å². The summed E-state index contributed by atoms with van der Waals surface area (Å²) in [7, 11) is 0. The van der Waals surface area contributed by atoms with Gasteiger partial charge in [0.05, 0.1) is 0 Å². The van der Waals surface area contributed by atoms with Gasteiger partial charge in [-0.1, -0.05) is 0 Å². The summed E-state index contributed by atoms with van der Waals surface area (Å²) < 4.78 is 16.4. The normalized spacial score (nSPS) is 13.6. The molecule has 4 rings (SSSR count). The zero-order valence-corrected chi connectivity index (χ0v) is 13.5. The number of pyridine rings is 1. The molecule has 122 valence electrons. The smallest absolute Gasteiger partial charge is 0.246 e. The second-order valence-electron chi connectivity index (χ2n) is 6.04. The predicted octanol–water partition coefficient (Wildman–Crippen LogP) is 3.87. The molecule has 1 aliphatic heterocycles. The van der Waals surface area contributed by atoms with E-state index < -0.39 is 0 Å². The molecule has 0 unspecified atom stereocenters. The molecule has 1 aromatic carbocycles. The summed E-state index contributed by atoms with van der Waals surface area (Å²) in [5.74, 6) is 1.24. The number of aromatic nitrogens is 4.